The molecule has 2 heterocycles. The maximum Gasteiger partial charge on any atom is 0.342 e. The molecule has 6 heteroatoms. The fraction of sp³-hybridized carbons (Fsp3) is 0.400. The minimum Gasteiger partial charge on any atom is -0.456 e. The lowest BCUT2D eigenvalue weighted by Crippen LogP contribution is -2.28. The van der Waals surface area contributed by atoms with Crippen molar-refractivity contribution >= 4 is 5.97 Å². The minimum atomic E-state index is -0.387. The summed E-state index contributed by atoms with van der Waals surface area (Å²) in [7, 11) is 1.65. The van der Waals surface area contributed by atoms with E-state index in [4.69, 9.17) is 9.47 Å². The Balaban J connectivity index is 1.82. The van der Waals surface area contributed by atoms with Gasteiger partial charge in [-0.05, 0) is 37.5 Å². The molecule has 0 unspecified atom stereocenters. The van der Waals surface area contributed by atoms with E-state index in [-0.39, 0.29) is 18.2 Å². The van der Waals surface area contributed by atoms with Gasteiger partial charge in [-0.1, -0.05) is 0 Å². The van der Waals surface area contributed by atoms with Gasteiger partial charge in [0, 0.05) is 25.7 Å². The number of hydrogen-bond donors (Lipinski definition) is 0. The highest BCUT2D eigenvalue weighted by Gasteiger charge is 2.31. The predicted molar refractivity (Wildman–Crippen MR) is 75.2 cm³/mol. The Hall–Kier alpha value is -2.21. The lowest BCUT2D eigenvalue weighted by Gasteiger charge is -2.19. The fourth-order valence-corrected chi connectivity index (χ4v) is 2.63. The zero-order valence-electron chi connectivity index (χ0n) is 11.8. The molecular weight excluding hydrogens is 270 g/mol. The highest BCUT2D eigenvalue weighted by molar-refractivity contribution is 5.92. The van der Waals surface area contributed by atoms with Crippen LogP contribution in [0.5, 0.6) is 0 Å². The van der Waals surface area contributed by atoms with Crippen LogP contribution in [0, 0.1) is 0 Å². The maximum atomic E-state index is 12.4. The Morgan fingerprint density at radius 1 is 1.29 bits per heavy atom. The molecule has 0 bridgehead atoms. The van der Waals surface area contributed by atoms with Crippen molar-refractivity contribution in [2.24, 2.45) is 0 Å². The van der Waals surface area contributed by atoms with Crippen LogP contribution in [-0.4, -0.2) is 40.1 Å². The molecule has 0 amide bonds. The average Bonchev–Trinajstić information content (AvgIpc) is 3.18. The second-order valence-corrected chi connectivity index (χ2v) is 4.97. The van der Waals surface area contributed by atoms with Gasteiger partial charge in [0.05, 0.1) is 6.10 Å². The number of carbonyl (C=O) groups excluding carboxylic acids is 1. The quantitative estimate of drug-likeness (QED) is 0.805. The first-order valence-electron chi connectivity index (χ1n) is 6.98. The van der Waals surface area contributed by atoms with E-state index in [0.29, 0.717) is 11.4 Å². The van der Waals surface area contributed by atoms with Gasteiger partial charge in [0.15, 0.2) is 5.82 Å². The Bertz CT molecular complexity index is 612. The van der Waals surface area contributed by atoms with Crippen LogP contribution in [0.1, 0.15) is 29.6 Å². The molecule has 1 aliphatic carbocycles. The number of aromatic nitrogens is 3. The molecule has 1 aliphatic rings. The van der Waals surface area contributed by atoms with Crippen LogP contribution in [0.3, 0.4) is 0 Å². The molecule has 0 spiro atoms. The molecular formula is C15H17N3O3. The Kier molecular flexibility index (Phi) is 3.96. The van der Waals surface area contributed by atoms with E-state index in [2.05, 4.69) is 10.1 Å². The van der Waals surface area contributed by atoms with Crippen LogP contribution >= 0.6 is 0 Å². The fourth-order valence-electron chi connectivity index (χ4n) is 2.63. The standard InChI is InChI=1S/C15H17N3O3/c1-20-12-6-2-7-13(12)21-15(19)11-5-3-8-16-14(11)18-10-4-9-17-18/h3-5,8-10,12-13H,2,6-7H2,1H3/t12-,13-/m0/s1. The van der Waals surface area contributed by atoms with Crippen molar-refractivity contribution in [3.8, 4) is 5.82 Å². The van der Waals surface area contributed by atoms with Gasteiger partial charge in [0.25, 0.3) is 0 Å². The molecule has 2 atom stereocenters. The Labute approximate surface area is 122 Å². The SMILES string of the molecule is CO[C@H]1CCC[C@@H]1OC(=O)c1cccnc1-n1cccn1. The third-order valence-corrected chi connectivity index (χ3v) is 3.68. The van der Waals surface area contributed by atoms with Gasteiger partial charge >= 0.3 is 5.97 Å². The minimum absolute atomic E-state index is 0.0150. The lowest BCUT2D eigenvalue weighted by molar-refractivity contribution is -0.0207. The molecule has 0 N–H and O–H groups in total. The van der Waals surface area contributed by atoms with Crippen molar-refractivity contribution in [2.45, 2.75) is 31.5 Å². The van der Waals surface area contributed by atoms with Crippen molar-refractivity contribution in [3.63, 3.8) is 0 Å². The van der Waals surface area contributed by atoms with Crippen LogP contribution < -0.4 is 0 Å². The van der Waals surface area contributed by atoms with Crippen LogP contribution in [0.4, 0.5) is 0 Å². The van der Waals surface area contributed by atoms with E-state index >= 15 is 0 Å². The van der Waals surface area contributed by atoms with E-state index in [9.17, 15) is 4.79 Å². The number of methoxy groups -OCH3 is 1. The van der Waals surface area contributed by atoms with Crippen molar-refractivity contribution in [2.75, 3.05) is 7.11 Å². The highest BCUT2D eigenvalue weighted by atomic mass is 16.6. The molecule has 6 nitrogen and oxygen atoms in total. The zero-order valence-corrected chi connectivity index (χ0v) is 11.8. The first-order chi connectivity index (χ1) is 10.3. The average molecular weight is 287 g/mol. The summed E-state index contributed by atoms with van der Waals surface area (Å²) < 4.78 is 12.5. The molecule has 21 heavy (non-hydrogen) atoms. The van der Waals surface area contributed by atoms with Crippen LogP contribution in [0.2, 0.25) is 0 Å². The number of nitrogens with zero attached hydrogens (tertiary/aromatic N) is 3. The van der Waals surface area contributed by atoms with Gasteiger partial charge < -0.3 is 9.47 Å². The van der Waals surface area contributed by atoms with Gasteiger partial charge in [-0.25, -0.2) is 14.5 Å². The summed E-state index contributed by atoms with van der Waals surface area (Å²) in [5.74, 6) is 0.0852. The molecule has 110 valence electrons. The van der Waals surface area contributed by atoms with Crippen LogP contribution in [0.25, 0.3) is 5.82 Å². The summed E-state index contributed by atoms with van der Waals surface area (Å²) >= 11 is 0. The first-order valence-corrected chi connectivity index (χ1v) is 6.98. The molecule has 3 rings (SSSR count). The van der Waals surface area contributed by atoms with E-state index in [1.165, 1.54) is 0 Å². The summed E-state index contributed by atoms with van der Waals surface area (Å²) in [6.45, 7) is 0. The van der Waals surface area contributed by atoms with E-state index < -0.39 is 0 Å². The van der Waals surface area contributed by atoms with Gasteiger partial charge in [0.1, 0.15) is 11.7 Å². The highest BCUT2D eigenvalue weighted by Crippen LogP contribution is 2.25. The molecule has 2 aromatic rings. The number of pyridine rings is 1. The van der Waals surface area contributed by atoms with Crippen LogP contribution in [0.15, 0.2) is 36.8 Å². The van der Waals surface area contributed by atoms with E-state index in [0.717, 1.165) is 19.3 Å². The summed E-state index contributed by atoms with van der Waals surface area (Å²) in [4.78, 5) is 16.6. The van der Waals surface area contributed by atoms with Crippen molar-refractivity contribution in [1.82, 2.24) is 14.8 Å². The second-order valence-electron chi connectivity index (χ2n) is 4.97. The number of ether oxygens (including phenoxy) is 2. The maximum absolute atomic E-state index is 12.4. The second kappa shape index (κ2) is 6.05. The van der Waals surface area contributed by atoms with Gasteiger partial charge in [-0.15, -0.1) is 0 Å². The predicted octanol–water partition coefficient (Wildman–Crippen LogP) is 1.99. The largest absolute Gasteiger partial charge is 0.456 e. The monoisotopic (exact) mass is 287 g/mol. The van der Waals surface area contributed by atoms with Crippen molar-refractivity contribution in [1.29, 1.82) is 0 Å². The molecule has 1 saturated carbocycles. The number of rotatable bonds is 4. The molecule has 0 saturated heterocycles. The molecule has 1 fully saturated rings. The Morgan fingerprint density at radius 2 is 2.14 bits per heavy atom. The lowest BCUT2D eigenvalue weighted by atomic mass is 10.2. The zero-order chi connectivity index (χ0) is 14.7. The number of carbonyl (C=O) groups is 1. The smallest absolute Gasteiger partial charge is 0.342 e. The molecule has 0 radical (unpaired) electrons. The molecule has 0 aliphatic heterocycles. The van der Waals surface area contributed by atoms with Crippen LogP contribution in [-0.2, 0) is 9.47 Å². The Morgan fingerprint density at radius 3 is 2.90 bits per heavy atom. The molecule has 2 aromatic heterocycles. The summed E-state index contributed by atoms with van der Waals surface area (Å²) in [5.41, 5.74) is 0.406. The number of esters is 1. The topological polar surface area (TPSA) is 66.2 Å². The third-order valence-electron chi connectivity index (χ3n) is 3.68. The normalized spacial score (nSPS) is 21.4. The van der Waals surface area contributed by atoms with Crippen molar-refractivity contribution in [3.05, 3.63) is 42.4 Å². The van der Waals surface area contributed by atoms with E-state index in [1.807, 2.05) is 0 Å². The first kappa shape index (κ1) is 13.8. The summed E-state index contributed by atoms with van der Waals surface area (Å²) in [6.07, 6.45) is 7.58. The van der Waals surface area contributed by atoms with E-state index in [1.54, 1.807) is 48.6 Å². The summed E-state index contributed by atoms with van der Waals surface area (Å²) in [5, 5.41) is 4.11. The van der Waals surface area contributed by atoms with Gasteiger partial charge in [0.2, 0.25) is 0 Å². The summed E-state index contributed by atoms with van der Waals surface area (Å²) in [6, 6.07) is 5.19. The van der Waals surface area contributed by atoms with Gasteiger partial charge in [-0.3, -0.25) is 0 Å². The van der Waals surface area contributed by atoms with Gasteiger partial charge in [-0.2, -0.15) is 5.10 Å². The molecule has 0 aromatic carbocycles. The number of hydrogen-bond acceptors (Lipinski definition) is 5. The van der Waals surface area contributed by atoms with Crippen molar-refractivity contribution < 1.29 is 14.3 Å². The third kappa shape index (κ3) is 2.80.